The molecule has 2 aliphatic rings. The van der Waals surface area contributed by atoms with Crippen LogP contribution in [0.15, 0.2) is 54.9 Å². The molecule has 3 aromatic rings. The largest absolute Gasteiger partial charge is 0.356 e. The van der Waals surface area contributed by atoms with E-state index in [4.69, 9.17) is 0 Å². The fourth-order valence-electron chi connectivity index (χ4n) is 4.23. The minimum Gasteiger partial charge on any atom is -0.356 e. The summed E-state index contributed by atoms with van der Waals surface area (Å²) in [5.41, 5.74) is 2.00. The van der Waals surface area contributed by atoms with Crippen LogP contribution in [0, 0.1) is 5.92 Å². The van der Waals surface area contributed by atoms with Crippen LogP contribution in [0.5, 0.6) is 0 Å². The highest BCUT2D eigenvalue weighted by molar-refractivity contribution is 6.21. The molecule has 2 amide bonds. The molecule has 0 bridgehead atoms. The highest BCUT2D eigenvalue weighted by Gasteiger charge is 2.37. The third-order valence-electron chi connectivity index (χ3n) is 5.75. The second-order valence-electron chi connectivity index (χ2n) is 7.41. The molecule has 0 radical (unpaired) electrons. The van der Waals surface area contributed by atoms with Gasteiger partial charge in [-0.2, -0.15) is 0 Å². The number of benzene rings is 2. The second-order valence-corrected chi connectivity index (χ2v) is 7.41. The summed E-state index contributed by atoms with van der Waals surface area (Å²) in [7, 11) is 0. The lowest BCUT2D eigenvalue weighted by atomic mass is 9.96. The normalized spacial score (nSPS) is 17.4. The molecule has 0 aliphatic carbocycles. The van der Waals surface area contributed by atoms with E-state index in [1.807, 2.05) is 18.2 Å². The van der Waals surface area contributed by atoms with Crippen molar-refractivity contribution in [3.8, 4) is 0 Å². The summed E-state index contributed by atoms with van der Waals surface area (Å²) in [5.74, 6) is 0.950. The molecule has 1 saturated heterocycles. The Morgan fingerprint density at radius 3 is 2.21 bits per heavy atom. The number of amides is 2. The van der Waals surface area contributed by atoms with Gasteiger partial charge in [-0.3, -0.25) is 14.5 Å². The van der Waals surface area contributed by atoms with Gasteiger partial charge < -0.3 is 4.90 Å². The Kier molecular flexibility index (Phi) is 4.04. The number of hydrogen-bond donors (Lipinski definition) is 0. The van der Waals surface area contributed by atoms with Crippen molar-refractivity contribution in [1.82, 2.24) is 14.9 Å². The average Bonchev–Trinajstić information content (AvgIpc) is 2.99. The number of carbonyl (C=O) groups is 2. The Morgan fingerprint density at radius 2 is 1.50 bits per heavy atom. The lowest BCUT2D eigenvalue weighted by Crippen LogP contribution is -2.41. The van der Waals surface area contributed by atoms with Gasteiger partial charge in [0.2, 0.25) is 0 Å². The first kappa shape index (κ1) is 16.9. The lowest BCUT2D eigenvalue weighted by Gasteiger charge is -2.34. The van der Waals surface area contributed by atoms with Crippen molar-refractivity contribution in [1.29, 1.82) is 0 Å². The molecule has 0 unspecified atom stereocenters. The molecule has 0 spiro atoms. The van der Waals surface area contributed by atoms with Crippen molar-refractivity contribution in [2.24, 2.45) is 5.92 Å². The minimum atomic E-state index is -0.162. The Labute approximate surface area is 162 Å². The average molecular weight is 372 g/mol. The van der Waals surface area contributed by atoms with Crippen LogP contribution in [0.2, 0.25) is 0 Å². The van der Waals surface area contributed by atoms with Gasteiger partial charge in [0.25, 0.3) is 11.8 Å². The first-order valence-corrected chi connectivity index (χ1v) is 9.62. The molecule has 0 N–H and O–H groups in total. The number of para-hydroxylation sites is 1. The summed E-state index contributed by atoms with van der Waals surface area (Å²) in [5, 5.41) is 1.06. The summed E-state index contributed by atoms with van der Waals surface area (Å²) in [6.07, 6.45) is 3.46. The van der Waals surface area contributed by atoms with Crippen LogP contribution in [-0.4, -0.2) is 46.3 Å². The zero-order chi connectivity index (χ0) is 19.1. The van der Waals surface area contributed by atoms with Crippen molar-refractivity contribution < 1.29 is 9.59 Å². The smallest absolute Gasteiger partial charge is 0.261 e. The fourth-order valence-corrected chi connectivity index (χ4v) is 4.23. The molecule has 1 aromatic heterocycles. The summed E-state index contributed by atoms with van der Waals surface area (Å²) in [6, 6.07) is 15.1. The van der Waals surface area contributed by atoms with Crippen molar-refractivity contribution in [2.45, 2.75) is 12.8 Å². The van der Waals surface area contributed by atoms with Gasteiger partial charge in [-0.15, -0.1) is 0 Å². The minimum absolute atomic E-state index is 0.162. The SMILES string of the molecule is O=C1c2ccccc2C(=O)N1CC1CCN(c2ncnc3ccccc23)CC1. The molecule has 140 valence electrons. The van der Waals surface area contributed by atoms with Crippen LogP contribution in [0.4, 0.5) is 5.82 Å². The number of rotatable bonds is 3. The number of fused-ring (bicyclic) bond motifs is 2. The highest BCUT2D eigenvalue weighted by atomic mass is 16.2. The first-order chi connectivity index (χ1) is 13.7. The molecular weight excluding hydrogens is 352 g/mol. The summed E-state index contributed by atoms with van der Waals surface area (Å²) in [4.78, 5) is 37.7. The predicted molar refractivity (Wildman–Crippen MR) is 106 cm³/mol. The van der Waals surface area contributed by atoms with Crippen LogP contribution in [0.1, 0.15) is 33.6 Å². The summed E-state index contributed by atoms with van der Waals surface area (Å²) < 4.78 is 0. The van der Waals surface area contributed by atoms with Crippen LogP contribution in [0.3, 0.4) is 0 Å². The molecule has 0 atom stereocenters. The molecule has 28 heavy (non-hydrogen) atoms. The van der Waals surface area contributed by atoms with E-state index in [-0.39, 0.29) is 11.8 Å². The van der Waals surface area contributed by atoms with Gasteiger partial charge >= 0.3 is 0 Å². The van der Waals surface area contributed by atoms with Gasteiger partial charge in [-0.05, 0) is 43.0 Å². The van der Waals surface area contributed by atoms with E-state index < -0.39 is 0 Å². The van der Waals surface area contributed by atoms with E-state index in [1.54, 1.807) is 30.6 Å². The van der Waals surface area contributed by atoms with Crippen LogP contribution in [-0.2, 0) is 0 Å². The molecule has 6 heteroatoms. The summed E-state index contributed by atoms with van der Waals surface area (Å²) in [6.45, 7) is 2.20. The number of carbonyl (C=O) groups excluding carboxylic acids is 2. The second kappa shape index (κ2) is 6.71. The Hall–Kier alpha value is -3.28. The van der Waals surface area contributed by atoms with Crippen LogP contribution in [0.25, 0.3) is 10.9 Å². The van der Waals surface area contributed by atoms with Crippen molar-refractivity contribution in [3.63, 3.8) is 0 Å². The lowest BCUT2D eigenvalue weighted by molar-refractivity contribution is 0.0621. The molecular formula is C22H20N4O2. The molecule has 0 saturated carbocycles. The van der Waals surface area contributed by atoms with Crippen molar-refractivity contribution in [2.75, 3.05) is 24.5 Å². The van der Waals surface area contributed by atoms with E-state index in [0.717, 1.165) is 42.7 Å². The van der Waals surface area contributed by atoms with Gasteiger partial charge in [-0.1, -0.05) is 24.3 Å². The third-order valence-corrected chi connectivity index (χ3v) is 5.75. The number of anilines is 1. The van der Waals surface area contributed by atoms with Crippen molar-refractivity contribution in [3.05, 3.63) is 66.0 Å². The van der Waals surface area contributed by atoms with Gasteiger partial charge in [-0.25, -0.2) is 9.97 Å². The van der Waals surface area contributed by atoms with E-state index in [0.29, 0.717) is 23.6 Å². The van der Waals surface area contributed by atoms with Crippen LogP contribution < -0.4 is 4.90 Å². The van der Waals surface area contributed by atoms with E-state index >= 15 is 0 Å². The van der Waals surface area contributed by atoms with Gasteiger partial charge in [0.15, 0.2) is 0 Å². The topological polar surface area (TPSA) is 66.4 Å². The number of hydrogen-bond acceptors (Lipinski definition) is 5. The van der Waals surface area contributed by atoms with E-state index in [2.05, 4.69) is 20.9 Å². The number of nitrogens with zero attached hydrogens (tertiary/aromatic N) is 4. The number of aromatic nitrogens is 2. The predicted octanol–water partition coefficient (Wildman–Crippen LogP) is 3.14. The van der Waals surface area contributed by atoms with E-state index in [1.165, 1.54) is 4.90 Å². The van der Waals surface area contributed by atoms with E-state index in [9.17, 15) is 9.59 Å². The number of piperidine rings is 1. The highest BCUT2D eigenvalue weighted by Crippen LogP contribution is 2.29. The van der Waals surface area contributed by atoms with Gasteiger partial charge in [0, 0.05) is 25.0 Å². The Bertz CT molecular complexity index is 1030. The van der Waals surface area contributed by atoms with Crippen LogP contribution >= 0.6 is 0 Å². The Balaban J connectivity index is 1.28. The maximum atomic E-state index is 12.6. The molecule has 6 nitrogen and oxygen atoms in total. The van der Waals surface area contributed by atoms with Gasteiger partial charge in [0.1, 0.15) is 12.1 Å². The summed E-state index contributed by atoms with van der Waals surface area (Å²) >= 11 is 0. The standard InChI is InChI=1S/C22H20N4O2/c27-21-16-5-1-2-6-17(16)22(28)26(21)13-15-9-11-25(12-10-15)20-18-7-3-4-8-19(18)23-14-24-20/h1-8,14-15H,9-13H2. The quantitative estimate of drug-likeness (QED) is 0.661. The molecule has 2 aromatic carbocycles. The van der Waals surface area contributed by atoms with Gasteiger partial charge in [0.05, 0.1) is 16.6 Å². The first-order valence-electron chi connectivity index (χ1n) is 9.62. The maximum absolute atomic E-state index is 12.6. The Morgan fingerprint density at radius 1 is 0.857 bits per heavy atom. The maximum Gasteiger partial charge on any atom is 0.261 e. The monoisotopic (exact) mass is 372 g/mol. The van der Waals surface area contributed by atoms with Crippen molar-refractivity contribution >= 4 is 28.5 Å². The fraction of sp³-hybridized carbons (Fsp3) is 0.273. The molecule has 1 fully saturated rings. The zero-order valence-corrected chi connectivity index (χ0v) is 15.4. The molecule has 5 rings (SSSR count). The third kappa shape index (κ3) is 2.72. The zero-order valence-electron chi connectivity index (χ0n) is 15.4. The molecule has 2 aliphatic heterocycles. The molecule has 3 heterocycles. The number of imide groups is 1.